The summed E-state index contributed by atoms with van der Waals surface area (Å²) < 4.78 is 0. The molecular formula is C6H12N2O. The lowest BCUT2D eigenvalue weighted by Crippen LogP contribution is -2.37. The first kappa shape index (κ1) is 5.65. The highest BCUT2D eigenvalue weighted by molar-refractivity contribution is 4.83. The molecule has 0 radical (unpaired) electrons. The highest BCUT2D eigenvalue weighted by Crippen LogP contribution is 2.18. The maximum Gasteiger partial charge on any atom is 0.0954 e. The Bertz CT molecular complexity index is 95.2. The Morgan fingerprint density at radius 3 is 3.22 bits per heavy atom. The van der Waals surface area contributed by atoms with Crippen molar-refractivity contribution in [2.45, 2.75) is 12.5 Å². The summed E-state index contributed by atoms with van der Waals surface area (Å²) in [5.74, 6) is 0.770. The Labute approximate surface area is 54.7 Å². The minimum atomic E-state index is 0.443. The van der Waals surface area contributed by atoms with Crippen LogP contribution in [-0.2, 0) is 4.84 Å². The number of nitrogens with one attached hydrogen (secondary N) is 2. The van der Waals surface area contributed by atoms with Crippen LogP contribution in [0.5, 0.6) is 0 Å². The Balaban J connectivity index is 1.97. The molecule has 2 aliphatic heterocycles. The van der Waals surface area contributed by atoms with E-state index in [1.54, 1.807) is 0 Å². The van der Waals surface area contributed by atoms with Gasteiger partial charge in [-0.3, -0.25) is 4.84 Å². The normalized spacial score (nSPS) is 42.7. The molecule has 9 heavy (non-hydrogen) atoms. The van der Waals surface area contributed by atoms with Crippen LogP contribution in [0, 0.1) is 5.92 Å². The first-order valence-electron chi connectivity index (χ1n) is 3.56. The minimum absolute atomic E-state index is 0.443. The van der Waals surface area contributed by atoms with E-state index < -0.39 is 0 Å². The third-order valence-electron chi connectivity index (χ3n) is 2.13. The first-order valence-corrected chi connectivity index (χ1v) is 3.56. The molecule has 2 aliphatic rings. The van der Waals surface area contributed by atoms with Crippen LogP contribution in [0.3, 0.4) is 0 Å². The van der Waals surface area contributed by atoms with E-state index in [4.69, 9.17) is 4.84 Å². The summed E-state index contributed by atoms with van der Waals surface area (Å²) in [7, 11) is 0. The second-order valence-corrected chi connectivity index (χ2v) is 2.76. The van der Waals surface area contributed by atoms with Crippen molar-refractivity contribution in [3.05, 3.63) is 0 Å². The minimum Gasteiger partial charge on any atom is -0.314 e. The summed E-state index contributed by atoms with van der Waals surface area (Å²) in [5.41, 5.74) is 2.92. The summed E-state index contributed by atoms with van der Waals surface area (Å²) in [6.07, 6.45) is 1.70. The summed E-state index contributed by atoms with van der Waals surface area (Å²) in [5, 5.41) is 3.30. The maximum atomic E-state index is 5.29. The molecule has 2 N–H and O–H groups in total. The van der Waals surface area contributed by atoms with Crippen LogP contribution in [0.15, 0.2) is 0 Å². The van der Waals surface area contributed by atoms with Gasteiger partial charge >= 0.3 is 0 Å². The van der Waals surface area contributed by atoms with Crippen molar-refractivity contribution < 1.29 is 4.84 Å². The van der Waals surface area contributed by atoms with E-state index in [9.17, 15) is 0 Å². The van der Waals surface area contributed by atoms with Crippen molar-refractivity contribution in [2.24, 2.45) is 5.92 Å². The number of hydroxylamine groups is 1. The van der Waals surface area contributed by atoms with Crippen molar-refractivity contribution in [3.63, 3.8) is 0 Å². The van der Waals surface area contributed by atoms with Gasteiger partial charge in [0.25, 0.3) is 0 Å². The molecule has 0 bridgehead atoms. The Hall–Kier alpha value is -0.120. The number of hydrogen-bond acceptors (Lipinski definition) is 3. The molecule has 0 aromatic carbocycles. The van der Waals surface area contributed by atoms with Crippen LogP contribution >= 0.6 is 0 Å². The van der Waals surface area contributed by atoms with E-state index >= 15 is 0 Å². The molecule has 3 nitrogen and oxygen atoms in total. The van der Waals surface area contributed by atoms with Crippen molar-refractivity contribution >= 4 is 0 Å². The molecule has 2 atom stereocenters. The number of fused-ring (bicyclic) bond motifs is 1. The van der Waals surface area contributed by atoms with Crippen LogP contribution < -0.4 is 10.8 Å². The van der Waals surface area contributed by atoms with Gasteiger partial charge in [0.15, 0.2) is 0 Å². The summed E-state index contributed by atoms with van der Waals surface area (Å²) >= 11 is 0. The predicted molar refractivity (Wildman–Crippen MR) is 33.9 cm³/mol. The summed E-state index contributed by atoms with van der Waals surface area (Å²) in [6.45, 7) is 3.19. The van der Waals surface area contributed by atoms with Crippen molar-refractivity contribution in [1.29, 1.82) is 0 Å². The quantitative estimate of drug-likeness (QED) is 0.461. The molecule has 2 rings (SSSR count). The lowest BCUT2D eigenvalue weighted by molar-refractivity contribution is -0.0666. The molecule has 2 saturated heterocycles. The van der Waals surface area contributed by atoms with Crippen molar-refractivity contribution in [1.82, 2.24) is 10.8 Å². The molecule has 2 fully saturated rings. The third-order valence-corrected chi connectivity index (χ3v) is 2.13. The number of hydrogen-bond donors (Lipinski definition) is 2. The van der Waals surface area contributed by atoms with E-state index in [0.29, 0.717) is 6.10 Å². The van der Waals surface area contributed by atoms with E-state index in [1.807, 2.05) is 0 Å². The fourth-order valence-electron chi connectivity index (χ4n) is 1.55. The lowest BCUT2D eigenvalue weighted by Gasteiger charge is -2.24. The van der Waals surface area contributed by atoms with E-state index in [1.165, 1.54) is 6.42 Å². The first-order chi connectivity index (χ1) is 4.47. The van der Waals surface area contributed by atoms with Crippen LogP contribution in [0.1, 0.15) is 6.42 Å². The topological polar surface area (TPSA) is 33.3 Å². The summed E-state index contributed by atoms with van der Waals surface area (Å²) in [6, 6.07) is 0. The largest absolute Gasteiger partial charge is 0.314 e. The fraction of sp³-hybridized carbons (Fsp3) is 1.00. The van der Waals surface area contributed by atoms with Gasteiger partial charge in [0, 0.05) is 25.6 Å². The van der Waals surface area contributed by atoms with Crippen LogP contribution in [0.4, 0.5) is 0 Å². The van der Waals surface area contributed by atoms with Gasteiger partial charge in [-0.1, -0.05) is 0 Å². The second-order valence-electron chi connectivity index (χ2n) is 2.76. The van der Waals surface area contributed by atoms with E-state index in [0.717, 1.165) is 25.6 Å². The Morgan fingerprint density at radius 2 is 2.33 bits per heavy atom. The predicted octanol–water partition coefficient (Wildman–Crippen LogP) is -0.501. The Kier molecular flexibility index (Phi) is 1.41. The maximum absolute atomic E-state index is 5.29. The molecule has 2 heterocycles. The SMILES string of the molecule is C1CC2CNCC2ON1. The van der Waals surface area contributed by atoms with Crippen LogP contribution in [-0.4, -0.2) is 25.7 Å². The molecular weight excluding hydrogens is 116 g/mol. The lowest BCUT2D eigenvalue weighted by atomic mass is 10.0. The average Bonchev–Trinajstić information content (AvgIpc) is 2.33. The zero-order chi connectivity index (χ0) is 6.10. The highest BCUT2D eigenvalue weighted by atomic mass is 16.7. The van der Waals surface area contributed by atoms with Crippen LogP contribution in [0.2, 0.25) is 0 Å². The van der Waals surface area contributed by atoms with Gasteiger partial charge in [-0.2, -0.15) is 0 Å². The van der Waals surface area contributed by atoms with E-state index in [2.05, 4.69) is 10.8 Å². The van der Waals surface area contributed by atoms with Crippen LogP contribution in [0.25, 0.3) is 0 Å². The zero-order valence-corrected chi connectivity index (χ0v) is 5.39. The number of rotatable bonds is 0. The van der Waals surface area contributed by atoms with Gasteiger partial charge in [0.05, 0.1) is 6.10 Å². The average molecular weight is 128 g/mol. The molecule has 52 valence electrons. The van der Waals surface area contributed by atoms with Crippen molar-refractivity contribution in [2.75, 3.05) is 19.6 Å². The van der Waals surface area contributed by atoms with Crippen molar-refractivity contribution in [3.8, 4) is 0 Å². The molecule has 0 aromatic heterocycles. The van der Waals surface area contributed by atoms with Gasteiger partial charge < -0.3 is 5.32 Å². The highest BCUT2D eigenvalue weighted by Gasteiger charge is 2.30. The molecule has 0 spiro atoms. The van der Waals surface area contributed by atoms with Gasteiger partial charge in [0.2, 0.25) is 0 Å². The standard InChI is InChI=1S/C6H12N2O/c1-2-8-9-6-4-7-3-5(1)6/h5-8H,1-4H2. The van der Waals surface area contributed by atoms with Gasteiger partial charge in [-0.05, 0) is 6.42 Å². The third kappa shape index (κ3) is 0.956. The van der Waals surface area contributed by atoms with E-state index in [-0.39, 0.29) is 0 Å². The molecule has 0 aliphatic carbocycles. The summed E-state index contributed by atoms with van der Waals surface area (Å²) in [4.78, 5) is 5.29. The van der Waals surface area contributed by atoms with Gasteiger partial charge in [0.1, 0.15) is 0 Å². The molecule has 0 saturated carbocycles. The zero-order valence-electron chi connectivity index (χ0n) is 5.39. The van der Waals surface area contributed by atoms with Gasteiger partial charge in [-0.15, -0.1) is 0 Å². The molecule has 0 amide bonds. The molecule has 2 unspecified atom stereocenters. The molecule has 0 aromatic rings. The Morgan fingerprint density at radius 1 is 1.33 bits per heavy atom. The smallest absolute Gasteiger partial charge is 0.0954 e. The second kappa shape index (κ2) is 2.25. The molecule has 3 heteroatoms. The van der Waals surface area contributed by atoms with Gasteiger partial charge in [-0.25, -0.2) is 5.48 Å². The fourth-order valence-corrected chi connectivity index (χ4v) is 1.55. The monoisotopic (exact) mass is 128 g/mol.